The maximum atomic E-state index is 14.8. The highest BCUT2D eigenvalue weighted by Crippen LogP contribution is 2.38. The van der Waals surface area contributed by atoms with Crippen LogP contribution in [0.4, 0.5) is 8.78 Å². The topological polar surface area (TPSA) is 59.8 Å². The molecule has 0 fully saturated rings. The van der Waals surface area contributed by atoms with Crippen LogP contribution in [-0.4, -0.2) is 20.9 Å². The number of benzene rings is 3. The van der Waals surface area contributed by atoms with E-state index in [1.807, 2.05) is 18.2 Å². The van der Waals surface area contributed by atoms with Gasteiger partial charge in [0.2, 0.25) is 0 Å². The molecule has 0 saturated heterocycles. The first-order valence-electron chi connectivity index (χ1n) is 10.6. The summed E-state index contributed by atoms with van der Waals surface area (Å²) in [6.07, 6.45) is 1.48. The maximum absolute atomic E-state index is 14.8. The summed E-state index contributed by atoms with van der Waals surface area (Å²) >= 11 is 0. The minimum absolute atomic E-state index is 0.177. The lowest BCUT2D eigenvalue weighted by Crippen LogP contribution is -2.12. The SMILES string of the molecule is [2H]C([2H])(C)n1nncc1-c1cccc(-c2cc3c(cc2-c2ccc(F)cc2F)C(=O)NC3)c1. The Morgan fingerprint density at radius 1 is 1.03 bits per heavy atom. The third-order valence-electron chi connectivity index (χ3n) is 5.38. The van der Waals surface area contributed by atoms with Crippen LogP contribution in [-0.2, 0) is 13.0 Å². The van der Waals surface area contributed by atoms with E-state index in [1.165, 1.54) is 29.9 Å². The average Bonchev–Trinajstić information content (AvgIpc) is 3.40. The van der Waals surface area contributed by atoms with Gasteiger partial charge in [-0.15, -0.1) is 5.10 Å². The monoisotopic (exact) mass is 418 g/mol. The van der Waals surface area contributed by atoms with Crippen molar-refractivity contribution in [1.82, 2.24) is 20.3 Å². The summed E-state index contributed by atoms with van der Waals surface area (Å²) in [5, 5.41) is 10.5. The number of amides is 1. The summed E-state index contributed by atoms with van der Waals surface area (Å²) in [5.41, 5.74) is 4.40. The summed E-state index contributed by atoms with van der Waals surface area (Å²) in [6, 6.07) is 14.1. The Kier molecular flexibility index (Phi) is 4.04. The van der Waals surface area contributed by atoms with Crippen LogP contribution in [0.25, 0.3) is 33.5 Å². The molecule has 1 aliphatic heterocycles. The molecular formula is C24H18F2N4O. The zero-order valence-electron chi connectivity index (χ0n) is 18.5. The number of carbonyl (C=O) groups excluding carboxylic acids is 1. The van der Waals surface area contributed by atoms with E-state index in [4.69, 9.17) is 2.74 Å². The molecule has 0 unspecified atom stereocenters. The molecule has 7 heteroatoms. The molecule has 31 heavy (non-hydrogen) atoms. The molecule has 2 heterocycles. The van der Waals surface area contributed by atoms with Gasteiger partial charge >= 0.3 is 0 Å². The molecule has 3 aromatic carbocycles. The minimum Gasteiger partial charge on any atom is -0.348 e. The Labute approximate surface area is 180 Å². The van der Waals surface area contributed by atoms with Crippen LogP contribution in [0, 0.1) is 11.6 Å². The van der Waals surface area contributed by atoms with Crippen LogP contribution in [0.1, 0.15) is 25.6 Å². The number of nitrogens with one attached hydrogen (secondary N) is 1. The van der Waals surface area contributed by atoms with Gasteiger partial charge in [-0.1, -0.05) is 23.4 Å². The number of fused-ring (bicyclic) bond motifs is 1. The second-order valence-electron chi connectivity index (χ2n) is 7.20. The highest BCUT2D eigenvalue weighted by atomic mass is 19.1. The lowest BCUT2D eigenvalue weighted by molar-refractivity contribution is 0.0966. The standard InChI is InChI=1S/C24H18F2N4O/c1-2-30-23(13-28-29-30)15-5-3-4-14(8-15)19-9-16-12-27-24(31)20(16)11-21(19)18-7-6-17(25)10-22(18)26/h3-11,13H,2,12H2,1H3,(H,27,31)/i2D2. The highest BCUT2D eigenvalue weighted by Gasteiger charge is 2.23. The van der Waals surface area contributed by atoms with Crippen molar-refractivity contribution in [3.05, 3.63) is 83.6 Å². The van der Waals surface area contributed by atoms with E-state index in [-0.39, 0.29) is 11.5 Å². The molecule has 0 bridgehead atoms. The summed E-state index contributed by atoms with van der Waals surface area (Å²) in [7, 11) is 0. The van der Waals surface area contributed by atoms with Crippen LogP contribution in [0.3, 0.4) is 0 Å². The van der Waals surface area contributed by atoms with E-state index in [1.54, 1.807) is 18.2 Å². The number of aromatic nitrogens is 3. The second-order valence-corrected chi connectivity index (χ2v) is 7.20. The van der Waals surface area contributed by atoms with Crippen molar-refractivity contribution >= 4 is 5.91 Å². The molecule has 4 aromatic rings. The molecule has 0 aliphatic carbocycles. The van der Waals surface area contributed by atoms with Gasteiger partial charge in [0.15, 0.2) is 0 Å². The fourth-order valence-electron chi connectivity index (χ4n) is 3.89. The van der Waals surface area contributed by atoms with Crippen LogP contribution in [0.5, 0.6) is 0 Å². The quantitative estimate of drug-likeness (QED) is 0.517. The molecule has 0 saturated carbocycles. The minimum atomic E-state index is -1.76. The molecular weight excluding hydrogens is 398 g/mol. The average molecular weight is 418 g/mol. The van der Waals surface area contributed by atoms with Gasteiger partial charge in [0.25, 0.3) is 5.91 Å². The number of rotatable bonds is 4. The van der Waals surface area contributed by atoms with Crippen molar-refractivity contribution in [1.29, 1.82) is 0 Å². The zero-order chi connectivity index (χ0) is 23.3. The number of carbonyl (C=O) groups is 1. The number of halogens is 2. The molecule has 0 spiro atoms. The van der Waals surface area contributed by atoms with Crippen molar-refractivity contribution in [3.63, 3.8) is 0 Å². The van der Waals surface area contributed by atoms with Crippen molar-refractivity contribution in [2.75, 3.05) is 0 Å². The summed E-state index contributed by atoms with van der Waals surface area (Å²) in [4.78, 5) is 12.3. The molecule has 154 valence electrons. The first-order chi connectivity index (χ1) is 15.7. The maximum Gasteiger partial charge on any atom is 0.251 e. The molecule has 5 nitrogen and oxygen atoms in total. The molecule has 0 radical (unpaired) electrons. The van der Waals surface area contributed by atoms with Gasteiger partial charge in [-0.2, -0.15) is 0 Å². The van der Waals surface area contributed by atoms with E-state index in [0.717, 1.165) is 17.2 Å². The molecule has 1 aromatic heterocycles. The normalized spacial score (nSPS) is 14.1. The Hall–Kier alpha value is -3.87. The van der Waals surface area contributed by atoms with Gasteiger partial charge in [0, 0.05) is 35.8 Å². The van der Waals surface area contributed by atoms with Crippen molar-refractivity contribution in [3.8, 4) is 33.5 Å². The van der Waals surface area contributed by atoms with Crippen molar-refractivity contribution in [2.24, 2.45) is 0 Å². The summed E-state index contributed by atoms with van der Waals surface area (Å²) in [6.45, 7) is -0.0153. The summed E-state index contributed by atoms with van der Waals surface area (Å²) < 4.78 is 45.5. The Morgan fingerprint density at radius 2 is 1.87 bits per heavy atom. The lowest BCUT2D eigenvalue weighted by Gasteiger charge is -2.14. The highest BCUT2D eigenvalue weighted by molar-refractivity contribution is 6.01. The predicted molar refractivity (Wildman–Crippen MR) is 113 cm³/mol. The van der Waals surface area contributed by atoms with E-state index >= 15 is 0 Å². The van der Waals surface area contributed by atoms with Crippen molar-refractivity contribution < 1.29 is 16.3 Å². The van der Waals surface area contributed by atoms with Gasteiger partial charge in [-0.05, 0) is 59.5 Å². The van der Waals surface area contributed by atoms with Gasteiger partial charge in [-0.3, -0.25) is 4.79 Å². The summed E-state index contributed by atoms with van der Waals surface area (Å²) in [5.74, 6) is -1.66. The third kappa shape index (κ3) is 3.28. The van der Waals surface area contributed by atoms with E-state index < -0.39 is 18.1 Å². The van der Waals surface area contributed by atoms with E-state index in [2.05, 4.69) is 15.6 Å². The van der Waals surface area contributed by atoms with Crippen molar-refractivity contribution in [2.45, 2.75) is 20.0 Å². The zero-order valence-corrected chi connectivity index (χ0v) is 16.5. The van der Waals surface area contributed by atoms with E-state index in [9.17, 15) is 13.6 Å². The third-order valence-corrected chi connectivity index (χ3v) is 5.38. The van der Waals surface area contributed by atoms with E-state index in [0.29, 0.717) is 34.5 Å². The van der Waals surface area contributed by atoms with Crippen LogP contribution >= 0.6 is 0 Å². The Balaban J connectivity index is 1.72. The van der Waals surface area contributed by atoms with Crippen LogP contribution < -0.4 is 5.32 Å². The lowest BCUT2D eigenvalue weighted by atomic mass is 9.89. The van der Waals surface area contributed by atoms with Gasteiger partial charge < -0.3 is 5.32 Å². The molecule has 1 aliphatic rings. The van der Waals surface area contributed by atoms with Gasteiger partial charge in [0.05, 0.1) is 14.6 Å². The molecule has 1 N–H and O–H groups in total. The van der Waals surface area contributed by atoms with Gasteiger partial charge in [-0.25, -0.2) is 13.5 Å². The van der Waals surface area contributed by atoms with Crippen LogP contribution in [0.2, 0.25) is 0 Å². The first kappa shape index (κ1) is 16.9. The Bertz CT molecular complexity index is 1410. The number of nitrogens with zero attached hydrogens (tertiary/aromatic N) is 3. The molecule has 0 atom stereocenters. The fourth-order valence-corrected chi connectivity index (χ4v) is 3.89. The number of aryl methyl sites for hydroxylation is 1. The van der Waals surface area contributed by atoms with Gasteiger partial charge in [0.1, 0.15) is 11.6 Å². The predicted octanol–water partition coefficient (Wildman–Crippen LogP) is 4.82. The number of hydrogen-bond acceptors (Lipinski definition) is 3. The largest absolute Gasteiger partial charge is 0.348 e. The fraction of sp³-hybridized carbons (Fsp3) is 0.125. The number of hydrogen-bond donors (Lipinski definition) is 1. The second kappa shape index (κ2) is 7.43. The van der Waals surface area contributed by atoms with Crippen LogP contribution in [0.15, 0.2) is 60.8 Å². The molecule has 5 rings (SSSR count). The molecule has 1 amide bonds. The first-order valence-corrected chi connectivity index (χ1v) is 9.65. The smallest absolute Gasteiger partial charge is 0.251 e. The Morgan fingerprint density at radius 3 is 2.68 bits per heavy atom.